The van der Waals surface area contributed by atoms with E-state index < -0.39 is 13.2 Å². The van der Waals surface area contributed by atoms with Crippen LogP contribution in [0, 0.1) is 0 Å². The Morgan fingerprint density at radius 2 is 1.28 bits per heavy atom. The monoisotopic (exact) mass is 362 g/mol. The molecule has 0 bridgehead atoms. The van der Waals surface area contributed by atoms with E-state index in [-0.39, 0.29) is 0 Å². The lowest BCUT2D eigenvalue weighted by Gasteiger charge is -2.24. The highest BCUT2D eigenvalue weighted by atomic mass is 31.2. The third-order valence-electron chi connectivity index (χ3n) is 3.82. The molecule has 0 unspecified atom stereocenters. The highest BCUT2D eigenvalue weighted by Crippen LogP contribution is 2.37. The van der Waals surface area contributed by atoms with Gasteiger partial charge in [0.05, 0.1) is 0 Å². The Morgan fingerprint density at radius 1 is 0.920 bits per heavy atom. The summed E-state index contributed by atoms with van der Waals surface area (Å²) in [6.45, 7) is 3.20. The molecule has 6 heteroatoms. The molecule has 1 aliphatic carbocycles. The first-order valence-electron chi connectivity index (χ1n) is 8.27. The molecule has 25 heavy (non-hydrogen) atoms. The lowest BCUT2D eigenvalue weighted by atomic mass is 10.1. The summed E-state index contributed by atoms with van der Waals surface area (Å²) in [6.07, 6.45) is 1.65. The van der Waals surface area contributed by atoms with Crippen LogP contribution in [0.25, 0.3) is 0 Å². The van der Waals surface area contributed by atoms with Crippen LogP contribution >= 0.6 is 7.60 Å². The smallest absolute Gasteiger partial charge is 0.322 e. The first-order valence-corrected chi connectivity index (χ1v) is 10.3. The summed E-state index contributed by atoms with van der Waals surface area (Å²) in [4.78, 5) is 17.5. The summed E-state index contributed by atoms with van der Waals surface area (Å²) in [5.41, 5.74) is 1.85. The zero-order valence-electron chi connectivity index (χ0n) is 14.4. The normalized spacial score (nSPS) is 15.4. The van der Waals surface area contributed by atoms with Crippen molar-refractivity contribution < 1.29 is 19.5 Å². The molecule has 135 valence electrons. The summed E-state index contributed by atoms with van der Waals surface area (Å²) < 4.78 is 9.33. The van der Waals surface area contributed by atoms with Crippen LogP contribution in [0.2, 0.25) is 0 Å². The van der Waals surface area contributed by atoms with Gasteiger partial charge in [-0.3, -0.25) is 9.46 Å². The standard InChI is InChI=1S/C18H20NO.CH5O3P/c20-18(11-12-18)15-19(13-16-7-3-1-4-8-16)14-17-9-5-2-6-10-17;1-5(2,3)4/h1-10H,11-15H2;1H3,(H2,2,3,4). The van der Waals surface area contributed by atoms with Gasteiger partial charge < -0.3 is 9.79 Å². The Hall–Kier alpha value is -1.49. The molecular formula is C19H25NO4P. The molecule has 1 aliphatic rings. The zero-order valence-corrected chi connectivity index (χ0v) is 15.3. The summed E-state index contributed by atoms with van der Waals surface area (Å²) in [5.74, 6) is 0. The average Bonchev–Trinajstić information content (AvgIpc) is 3.24. The van der Waals surface area contributed by atoms with Gasteiger partial charge in [0.2, 0.25) is 0 Å². The second kappa shape index (κ2) is 8.75. The highest BCUT2D eigenvalue weighted by molar-refractivity contribution is 7.50. The number of rotatable bonds is 6. The van der Waals surface area contributed by atoms with Crippen LogP contribution in [-0.4, -0.2) is 33.5 Å². The van der Waals surface area contributed by atoms with E-state index in [4.69, 9.17) is 9.79 Å². The lowest BCUT2D eigenvalue weighted by molar-refractivity contribution is 0.0238. The molecule has 1 radical (unpaired) electrons. The van der Waals surface area contributed by atoms with Crippen molar-refractivity contribution in [3.8, 4) is 0 Å². The Kier molecular flexibility index (Phi) is 6.94. The average molecular weight is 362 g/mol. The molecule has 3 rings (SSSR count). The maximum atomic E-state index is 12.2. The van der Waals surface area contributed by atoms with Gasteiger partial charge in [-0.1, -0.05) is 60.7 Å². The molecule has 0 saturated heterocycles. The molecule has 1 saturated carbocycles. The molecule has 0 aliphatic heterocycles. The van der Waals surface area contributed by atoms with Crippen LogP contribution in [-0.2, 0) is 22.8 Å². The second-order valence-electron chi connectivity index (χ2n) is 6.63. The van der Waals surface area contributed by atoms with Crippen LogP contribution in [0.3, 0.4) is 0 Å². The summed E-state index contributed by atoms with van der Waals surface area (Å²) >= 11 is 0. The summed E-state index contributed by atoms with van der Waals surface area (Å²) in [7, 11) is -3.64. The third kappa shape index (κ3) is 8.96. The SMILES string of the molecule is CP(=O)(O)O.[O]C1(CN(Cc2ccccc2)Cc2ccccc2)CC1. The summed E-state index contributed by atoms with van der Waals surface area (Å²) in [5, 5.41) is 12.2. The number of hydrogen-bond acceptors (Lipinski definition) is 2. The molecule has 2 N–H and O–H groups in total. The minimum Gasteiger partial charge on any atom is -0.325 e. The van der Waals surface area contributed by atoms with Crippen molar-refractivity contribution in [1.29, 1.82) is 0 Å². The minimum atomic E-state index is -3.64. The van der Waals surface area contributed by atoms with E-state index in [1.54, 1.807) is 0 Å². The molecule has 0 amide bonds. The molecule has 5 nitrogen and oxygen atoms in total. The van der Waals surface area contributed by atoms with Crippen molar-refractivity contribution >= 4 is 7.60 Å². The van der Waals surface area contributed by atoms with Gasteiger partial charge >= 0.3 is 7.60 Å². The first kappa shape index (κ1) is 19.8. The maximum Gasteiger partial charge on any atom is 0.322 e. The summed E-state index contributed by atoms with van der Waals surface area (Å²) in [6, 6.07) is 20.8. The molecular weight excluding hydrogens is 337 g/mol. The maximum absolute atomic E-state index is 12.2. The molecule has 0 aromatic heterocycles. The van der Waals surface area contributed by atoms with Crippen LogP contribution in [0.5, 0.6) is 0 Å². The topological polar surface area (TPSA) is 80.7 Å². The van der Waals surface area contributed by atoms with Crippen molar-refractivity contribution in [3.05, 3.63) is 71.8 Å². The van der Waals surface area contributed by atoms with Gasteiger partial charge in [0.25, 0.3) is 0 Å². The van der Waals surface area contributed by atoms with E-state index in [2.05, 4.69) is 53.4 Å². The van der Waals surface area contributed by atoms with Gasteiger partial charge in [-0.25, -0.2) is 5.11 Å². The van der Waals surface area contributed by atoms with Crippen molar-refractivity contribution in [2.75, 3.05) is 13.2 Å². The molecule has 0 heterocycles. The molecule has 1 fully saturated rings. The Bertz CT molecular complexity index is 633. The quantitative estimate of drug-likeness (QED) is 0.772. The van der Waals surface area contributed by atoms with Crippen molar-refractivity contribution in [3.63, 3.8) is 0 Å². The Labute approximate surface area is 149 Å². The molecule has 2 aromatic rings. The van der Waals surface area contributed by atoms with Gasteiger partial charge in [0.1, 0.15) is 5.60 Å². The van der Waals surface area contributed by atoms with Gasteiger partial charge in [0.15, 0.2) is 0 Å². The van der Waals surface area contributed by atoms with Gasteiger partial charge in [-0.05, 0) is 24.0 Å². The van der Waals surface area contributed by atoms with E-state index in [0.717, 1.165) is 32.6 Å². The molecule has 0 spiro atoms. The van der Waals surface area contributed by atoms with Crippen LogP contribution in [0.4, 0.5) is 0 Å². The molecule has 2 aromatic carbocycles. The zero-order chi connectivity index (χ0) is 18.3. The minimum absolute atomic E-state index is 0.650. The highest BCUT2D eigenvalue weighted by Gasteiger charge is 2.44. The van der Waals surface area contributed by atoms with Gasteiger partial charge in [-0.2, -0.15) is 0 Å². The lowest BCUT2D eigenvalue weighted by Crippen LogP contribution is -2.32. The fourth-order valence-corrected chi connectivity index (χ4v) is 2.56. The van der Waals surface area contributed by atoms with Crippen LogP contribution in [0.1, 0.15) is 24.0 Å². The fraction of sp³-hybridized carbons (Fsp3) is 0.368. The predicted molar refractivity (Wildman–Crippen MR) is 97.6 cm³/mol. The van der Waals surface area contributed by atoms with Crippen LogP contribution < -0.4 is 0 Å². The Morgan fingerprint density at radius 3 is 1.60 bits per heavy atom. The van der Waals surface area contributed by atoms with E-state index in [1.807, 2.05) is 12.1 Å². The third-order valence-corrected chi connectivity index (χ3v) is 3.82. The van der Waals surface area contributed by atoms with E-state index >= 15 is 0 Å². The van der Waals surface area contributed by atoms with Gasteiger partial charge in [-0.15, -0.1) is 0 Å². The van der Waals surface area contributed by atoms with Gasteiger partial charge in [0, 0.05) is 26.3 Å². The van der Waals surface area contributed by atoms with Crippen molar-refractivity contribution in [2.24, 2.45) is 0 Å². The number of hydrogen-bond donors (Lipinski definition) is 2. The predicted octanol–water partition coefficient (Wildman–Crippen LogP) is 3.45. The van der Waals surface area contributed by atoms with Crippen molar-refractivity contribution in [2.45, 2.75) is 31.5 Å². The largest absolute Gasteiger partial charge is 0.325 e. The van der Waals surface area contributed by atoms with E-state index in [0.29, 0.717) is 6.54 Å². The number of benzene rings is 2. The fourth-order valence-electron chi connectivity index (χ4n) is 2.56. The molecule has 0 atom stereocenters. The Balaban J connectivity index is 0.000000399. The number of nitrogens with zero attached hydrogens (tertiary/aromatic N) is 1. The van der Waals surface area contributed by atoms with Crippen LogP contribution in [0.15, 0.2) is 60.7 Å². The van der Waals surface area contributed by atoms with E-state index in [9.17, 15) is 9.67 Å². The first-order chi connectivity index (χ1) is 11.7. The van der Waals surface area contributed by atoms with E-state index in [1.165, 1.54) is 11.1 Å². The second-order valence-corrected chi connectivity index (χ2v) is 8.31. The van der Waals surface area contributed by atoms with Crippen molar-refractivity contribution in [1.82, 2.24) is 4.90 Å².